The molecule has 0 spiro atoms. The maximum atomic E-state index is 4.56. The van der Waals surface area contributed by atoms with Gasteiger partial charge >= 0.3 is 0 Å². The average molecular weight is 363 g/mol. The fraction of sp³-hybridized carbons (Fsp3) is 0.348. The van der Waals surface area contributed by atoms with E-state index in [2.05, 4.69) is 58.0 Å². The van der Waals surface area contributed by atoms with Gasteiger partial charge in [0.25, 0.3) is 0 Å². The highest BCUT2D eigenvalue weighted by atomic mass is 15.1. The molecule has 3 rings (SSSR count). The molecule has 0 aliphatic carbocycles. The zero-order valence-electron chi connectivity index (χ0n) is 16.8. The molecule has 0 amide bonds. The first kappa shape index (κ1) is 20.7. The fourth-order valence-corrected chi connectivity index (χ4v) is 2.78. The molecular formula is C23H30N4. The number of rotatable bonds is 7. The second-order valence-electron chi connectivity index (χ2n) is 6.52. The van der Waals surface area contributed by atoms with Crippen molar-refractivity contribution in [2.75, 3.05) is 0 Å². The zero-order chi connectivity index (χ0) is 19.5. The molecule has 0 N–H and O–H groups in total. The zero-order valence-corrected chi connectivity index (χ0v) is 16.8. The summed E-state index contributed by atoms with van der Waals surface area (Å²) < 4.78 is 0. The van der Waals surface area contributed by atoms with E-state index in [1.165, 1.54) is 5.56 Å². The third-order valence-electron chi connectivity index (χ3n) is 4.12. The summed E-state index contributed by atoms with van der Waals surface area (Å²) >= 11 is 0. The van der Waals surface area contributed by atoms with Crippen LogP contribution < -0.4 is 0 Å². The molecule has 0 fully saturated rings. The normalized spacial score (nSPS) is 10.6. The largest absolute Gasteiger partial charge is 0.286 e. The Hall–Kier alpha value is -2.59. The molecule has 0 saturated carbocycles. The molecule has 3 aromatic rings. The molecule has 0 unspecified atom stereocenters. The summed E-state index contributed by atoms with van der Waals surface area (Å²) in [5.74, 6) is 0.502. The van der Waals surface area contributed by atoms with Gasteiger partial charge in [0.15, 0.2) is 0 Å². The van der Waals surface area contributed by atoms with Crippen molar-refractivity contribution in [1.29, 1.82) is 0 Å². The molecule has 0 atom stereocenters. The Kier molecular flexibility index (Phi) is 8.59. The van der Waals surface area contributed by atoms with Crippen molar-refractivity contribution in [3.8, 4) is 0 Å². The van der Waals surface area contributed by atoms with E-state index in [9.17, 15) is 0 Å². The van der Waals surface area contributed by atoms with Gasteiger partial charge in [-0.3, -0.25) is 19.9 Å². The van der Waals surface area contributed by atoms with Crippen molar-refractivity contribution in [2.24, 2.45) is 0 Å². The van der Waals surface area contributed by atoms with Crippen molar-refractivity contribution in [3.63, 3.8) is 0 Å². The molecule has 3 heterocycles. The third kappa shape index (κ3) is 6.91. The second kappa shape index (κ2) is 11.2. The number of pyridine rings is 3. The van der Waals surface area contributed by atoms with Gasteiger partial charge in [-0.05, 0) is 47.9 Å². The monoisotopic (exact) mass is 362 g/mol. The first-order valence-electron chi connectivity index (χ1n) is 9.67. The van der Waals surface area contributed by atoms with Crippen molar-refractivity contribution in [3.05, 3.63) is 89.8 Å². The van der Waals surface area contributed by atoms with Crippen LogP contribution in [0.4, 0.5) is 0 Å². The van der Waals surface area contributed by atoms with Crippen LogP contribution in [0.3, 0.4) is 0 Å². The predicted molar refractivity (Wildman–Crippen MR) is 111 cm³/mol. The van der Waals surface area contributed by atoms with Gasteiger partial charge in [-0.25, -0.2) is 0 Å². The third-order valence-corrected chi connectivity index (χ3v) is 4.12. The van der Waals surface area contributed by atoms with Crippen LogP contribution in [-0.4, -0.2) is 19.9 Å². The molecule has 0 bridgehead atoms. The Morgan fingerprint density at radius 1 is 0.704 bits per heavy atom. The van der Waals surface area contributed by atoms with Crippen LogP contribution in [0.25, 0.3) is 0 Å². The van der Waals surface area contributed by atoms with E-state index in [1.54, 1.807) is 0 Å². The van der Waals surface area contributed by atoms with Gasteiger partial charge in [-0.2, -0.15) is 0 Å². The minimum atomic E-state index is 0.502. The summed E-state index contributed by atoms with van der Waals surface area (Å²) in [5.41, 5.74) is 4.51. The number of hydrogen-bond acceptors (Lipinski definition) is 4. The maximum absolute atomic E-state index is 4.56. The van der Waals surface area contributed by atoms with Crippen LogP contribution in [0.2, 0.25) is 0 Å². The van der Waals surface area contributed by atoms with Crippen molar-refractivity contribution in [2.45, 2.75) is 53.2 Å². The molecule has 0 aromatic carbocycles. The van der Waals surface area contributed by atoms with Gasteiger partial charge in [0.1, 0.15) is 0 Å². The van der Waals surface area contributed by atoms with Crippen LogP contribution in [0.15, 0.2) is 67.1 Å². The van der Waals surface area contributed by atoms with Crippen molar-refractivity contribution < 1.29 is 0 Å². The van der Waals surface area contributed by atoms with Crippen LogP contribution >= 0.6 is 0 Å². The standard InChI is InChI=1S/C21H24N4.C2H6/c1-17(2)18-9-12-24-21(13-18)16-25(14-19-7-3-5-10-22-19)15-20-8-4-6-11-23-20;1-2/h3-13,17H,14-16H2,1-2H3;1-2H3. The van der Waals surface area contributed by atoms with Gasteiger partial charge < -0.3 is 0 Å². The summed E-state index contributed by atoms with van der Waals surface area (Å²) in [5, 5.41) is 0. The van der Waals surface area contributed by atoms with Crippen LogP contribution in [-0.2, 0) is 19.6 Å². The molecule has 0 saturated heterocycles. The Labute approximate surface area is 163 Å². The minimum Gasteiger partial charge on any atom is -0.286 e. The highest BCUT2D eigenvalue weighted by Gasteiger charge is 2.11. The SMILES string of the molecule is CC.CC(C)c1ccnc(CN(Cc2ccccn2)Cc2ccccn2)c1. The van der Waals surface area contributed by atoms with Crippen molar-refractivity contribution >= 4 is 0 Å². The molecule has 0 aliphatic rings. The van der Waals surface area contributed by atoms with E-state index >= 15 is 0 Å². The average Bonchev–Trinajstić information content (AvgIpc) is 2.71. The lowest BCUT2D eigenvalue weighted by Crippen LogP contribution is -2.24. The molecule has 27 heavy (non-hydrogen) atoms. The van der Waals surface area contributed by atoms with Crippen LogP contribution in [0, 0.1) is 0 Å². The molecule has 142 valence electrons. The van der Waals surface area contributed by atoms with E-state index in [1.807, 2.05) is 56.7 Å². The fourth-order valence-electron chi connectivity index (χ4n) is 2.78. The predicted octanol–water partition coefficient (Wildman–Crippen LogP) is 5.22. The van der Waals surface area contributed by atoms with Crippen LogP contribution in [0.5, 0.6) is 0 Å². The summed E-state index contributed by atoms with van der Waals surface area (Å²) in [6, 6.07) is 16.4. The lowest BCUT2D eigenvalue weighted by Gasteiger charge is -2.21. The summed E-state index contributed by atoms with van der Waals surface area (Å²) in [6.07, 6.45) is 5.59. The summed E-state index contributed by atoms with van der Waals surface area (Å²) in [7, 11) is 0. The minimum absolute atomic E-state index is 0.502. The lowest BCUT2D eigenvalue weighted by atomic mass is 10.0. The van der Waals surface area contributed by atoms with E-state index < -0.39 is 0 Å². The smallest absolute Gasteiger partial charge is 0.0547 e. The lowest BCUT2D eigenvalue weighted by molar-refractivity contribution is 0.238. The first-order chi connectivity index (χ1) is 13.2. The highest BCUT2D eigenvalue weighted by molar-refractivity contribution is 5.19. The quantitative estimate of drug-likeness (QED) is 0.577. The molecular weight excluding hydrogens is 332 g/mol. The number of hydrogen-bond donors (Lipinski definition) is 0. The van der Waals surface area contributed by atoms with Gasteiger partial charge in [0, 0.05) is 38.2 Å². The molecule has 0 radical (unpaired) electrons. The maximum Gasteiger partial charge on any atom is 0.0547 e. The second-order valence-corrected chi connectivity index (χ2v) is 6.52. The highest BCUT2D eigenvalue weighted by Crippen LogP contribution is 2.16. The molecule has 4 nitrogen and oxygen atoms in total. The van der Waals surface area contributed by atoms with E-state index in [0.717, 1.165) is 36.7 Å². The van der Waals surface area contributed by atoms with E-state index in [0.29, 0.717) is 5.92 Å². The summed E-state index contributed by atoms with van der Waals surface area (Å²) in [6.45, 7) is 10.7. The van der Waals surface area contributed by atoms with Gasteiger partial charge in [0.2, 0.25) is 0 Å². The van der Waals surface area contributed by atoms with Crippen LogP contribution in [0.1, 0.15) is 56.3 Å². The van der Waals surface area contributed by atoms with Gasteiger partial charge in [0.05, 0.1) is 17.1 Å². The van der Waals surface area contributed by atoms with E-state index in [4.69, 9.17) is 0 Å². The Balaban J connectivity index is 0.00000126. The van der Waals surface area contributed by atoms with Crippen molar-refractivity contribution in [1.82, 2.24) is 19.9 Å². The molecule has 3 aromatic heterocycles. The van der Waals surface area contributed by atoms with E-state index in [-0.39, 0.29) is 0 Å². The summed E-state index contributed by atoms with van der Waals surface area (Å²) in [4.78, 5) is 15.8. The number of nitrogens with zero attached hydrogens (tertiary/aromatic N) is 4. The molecule has 4 heteroatoms. The topological polar surface area (TPSA) is 41.9 Å². The Bertz CT molecular complexity index is 731. The van der Waals surface area contributed by atoms with Gasteiger partial charge in [-0.1, -0.05) is 39.8 Å². The van der Waals surface area contributed by atoms with Gasteiger partial charge in [-0.15, -0.1) is 0 Å². The Morgan fingerprint density at radius 2 is 1.22 bits per heavy atom. The molecule has 0 aliphatic heterocycles. The first-order valence-corrected chi connectivity index (χ1v) is 9.67. The number of aromatic nitrogens is 3. The Morgan fingerprint density at radius 3 is 1.70 bits per heavy atom.